The van der Waals surface area contributed by atoms with E-state index in [1.54, 1.807) is 12.1 Å². The molecule has 2 rings (SSSR count). The Morgan fingerprint density at radius 3 is 2.44 bits per heavy atom. The highest BCUT2D eigenvalue weighted by Gasteiger charge is 2.19. The number of rotatable bonds is 2. The standard InChI is InChI=1S/C11H13ClO3S/c12-16(14,15)7-8-5-6-11(13)10-4-2-1-3-9(8)10/h5-6,13H,1-4,7H2. The molecule has 0 aliphatic heterocycles. The summed E-state index contributed by atoms with van der Waals surface area (Å²) in [5.41, 5.74) is 2.59. The number of hydrogen-bond donors (Lipinski definition) is 1. The van der Waals surface area contributed by atoms with Gasteiger partial charge in [0.2, 0.25) is 9.05 Å². The number of hydrogen-bond acceptors (Lipinski definition) is 3. The third-order valence-corrected chi connectivity index (χ3v) is 3.92. The van der Waals surface area contributed by atoms with Crippen molar-refractivity contribution in [2.75, 3.05) is 0 Å². The van der Waals surface area contributed by atoms with Gasteiger partial charge in [-0.2, -0.15) is 0 Å². The molecule has 1 aromatic carbocycles. The lowest BCUT2D eigenvalue weighted by atomic mass is 9.88. The summed E-state index contributed by atoms with van der Waals surface area (Å²) in [4.78, 5) is 0. The Morgan fingerprint density at radius 1 is 1.19 bits per heavy atom. The molecule has 3 nitrogen and oxygen atoms in total. The molecule has 1 aromatic rings. The van der Waals surface area contributed by atoms with E-state index < -0.39 is 9.05 Å². The van der Waals surface area contributed by atoms with E-state index in [0.717, 1.165) is 42.4 Å². The second-order valence-corrected chi connectivity index (χ2v) is 6.87. The van der Waals surface area contributed by atoms with Gasteiger partial charge in [-0.05, 0) is 48.4 Å². The highest BCUT2D eigenvalue weighted by Crippen LogP contribution is 2.32. The first-order valence-electron chi connectivity index (χ1n) is 5.22. The summed E-state index contributed by atoms with van der Waals surface area (Å²) < 4.78 is 22.1. The van der Waals surface area contributed by atoms with Gasteiger partial charge in [0.05, 0.1) is 5.75 Å². The van der Waals surface area contributed by atoms with Crippen molar-refractivity contribution in [3.63, 3.8) is 0 Å². The van der Waals surface area contributed by atoms with Crippen molar-refractivity contribution in [3.8, 4) is 5.75 Å². The Bertz CT molecular complexity index is 508. The van der Waals surface area contributed by atoms with E-state index >= 15 is 0 Å². The van der Waals surface area contributed by atoms with Gasteiger partial charge in [0.25, 0.3) is 0 Å². The molecule has 0 fully saturated rings. The van der Waals surface area contributed by atoms with Crippen LogP contribution in [-0.2, 0) is 27.6 Å². The molecule has 5 heteroatoms. The first-order valence-corrected chi connectivity index (χ1v) is 7.70. The first-order chi connectivity index (χ1) is 7.47. The van der Waals surface area contributed by atoms with Crippen molar-refractivity contribution in [2.24, 2.45) is 0 Å². The molecule has 1 aliphatic carbocycles. The molecule has 0 amide bonds. The van der Waals surface area contributed by atoms with E-state index in [9.17, 15) is 13.5 Å². The molecule has 0 heterocycles. The average molecular weight is 261 g/mol. The van der Waals surface area contributed by atoms with E-state index in [1.165, 1.54) is 0 Å². The highest BCUT2D eigenvalue weighted by atomic mass is 35.7. The van der Waals surface area contributed by atoms with Crippen LogP contribution in [0.3, 0.4) is 0 Å². The summed E-state index contributed by atoms with van der Waals surface area (Å²) in [5, 5.41) is 9.70. The van der Waals surface area contributed by atoms with E-state index in [0.29, 0.717) is 0 Å². The molecule has 1 aliphatic rings. The van der Waals surface area contributed by atoms with E-state index in [-0.39, 0.29) is 11.5 Å². The summed E-state index contributed by atoms with van der Waals surface area (Å²) >= 11 is 0. The lowest BCUT2D eigenvalue weighted by molar-refractivity contribution is 0.461. The van der Waals surface area contributed by atoms with Crippen LogP contribution in [-0.4, -0.2) is 13.5 Å². The van der Waals surface area contributed by atoms with Crippen molar-refractivity contribution in [3.05, 3.63) is 28.8 Å². The number of fused-ring (bicyclic) bond motifs is 1. The quantitative estimate of drug-likeness (QED) is 0.831. The van der Waals surface area contributed by atoms with Crippen LogP contribution in [0.25, 0.3) is 0 Å². The zero-order chi connectivity index (χ0) is 11.8. The first kappa shape index (κ1) is 11.7. The summed E-state index contributed by atoms with van der Waals surface area (Å²) in [6.07, 6.45) is 3.71. The average Bonchev–Trinajstić information content (AvgIpc) is 2.21. The van der Waals surface area contributed by atoms with Crippen LogP contribution in [0, 0.1) is 0 Å². The second-order valence-electron chi connectivity index (χ2n) is 4.09. The highest BCUT2D eigenvalue weighted by molar-refractivity contribution is 8.13. The monoisotopic (exact) mass is 260 g/mol. The fraction of sp³-hybridized carbons (Fsp3) is 0.455. The van der Waals surface area contributed by atoms with Gasteiger partial charge in [-0.15, -0.1) is 0 Å². The van der Waals surface area contributed by atoms with Crippen LogP contribution in [0.4, 0.5) is 0 Å². The number of aromatic hydroxyl groups is 1. The SMILES string of the molecule is O=S(=O)(Cl)Cc1ccc(O)c2c1CCCC2. The van der Waals surface area contributed by atoms with Crippen molar-refractivity contribution in [1.29, 1.82) is 0 Å². The molecule has 0 bridgehead atoms. The zero-order valence-corrected chi connectivity index (χ0v) is 10.3. The van der Waals surface area contributed by atoms with Gasteiger partial charge in [-0.3, -0.25) is 0 Å². The molecular weight excluding hydrogens is 248 g/mol. The number of benzene rings is 1. The van der Waals surface area contributed by atoms with Gasteiger partial charge in [0, 0.05) is 10.7 Å². The maximum absolute atomic E-state index is 11.1. The topological polar surface area (TPSA) is 54.4 Å². The Labute approximate surface area is 99.5 Å². The fourth-order valence-corrected chi connectivity index (χ4v) is 3.24. The molecule has 16 heavy (non-hydrogen) atoms. The molecule has 0 aromatic heterocycles. The predicted octanol–water partition coefficient (Wildman–Crippen LogP) is 2.34. The molecule has 88 valence electrons. The van der Waals surface area contributed by atoms with E-state index in [4.69, 9.17) is 10.7 Å². The van der Waals surface area contributed by atoms with E-state index in [1.807, 2.05) is 0 Å². The normalized spacial score (nSPS) is 15.8. The van der Waals surface area contributed by atoms with Gasteiger partial charge in [-0.25, -0.2) is 8.42 Å². The Kier molecular flexibility index (Phi) is 3.13. The maximum Gasteiger partial charge on any atom is 0.236 e. The molecule has 0 radical (unpaired) electrons. The minimum Gasteiger partial charge on any atom is -0.508 e. The summed E-state index contributed by atoms with van der Waals surface area (Å²) in [6, 6.07) is 3.21. The van der Waals surface area contributed by atoms with Crippen LogP contribution >= 0.6 is 10.7 Å². The lowest BCUT2D eigenvalue weighted by Crippen LogP contribution is -2.08. The Balaban J connectivity index is 2.47. The summed E-state index contributed by atoms with van der Waals surface area (Å²) in [6.45, 7) is 0. The van der Waals surface area contributed by atoms with Crippen LogP contribution in [0.2, 0.25) is 0 Å². The number of phenols is 1. The third-order valence-electron chi connectivity index (χ3n) is 2.93. The minimum atomic E-state index is -3.53. The van der Waals surface area contributed by atoms with Gasteiger partial charge < -0.3 is 5.11 Å². The van der Waals surface area contributed by atoms with Crippen molar-refractivity contribution >= 4 is 19.7 Å². The fourth-order valence-electron chi connectivity index (χ4n) is 2.24. The molecule has 0 atom stereocenters. The van der Waals surface area contributed by atoms with Gasteiger partial charge in [0.15, 0.2) is 0 Å². The summed E-state index contributed by atoms with van der Waals surface area (Å²) in [7, 11) is 1.73. The number of halogens is 1. The second kappa shape index (κ2) is 4.26. The molecular formula is C11H13ClO3S. The molecule has 0 unspecified atom stereocenters. The maximum atomic E-state index is 11.1. The largest absolute Gasteiger partial charge is 0.508 e. The predicted molar refractivity (Wildman–Crippen MR) is 63.2 cm³/mol. The van der Waals surface area contributed by atoms with Crippen molar-refractivity contribution < 1.29 is 13.5 Å². The molecule has 0 spiro atoms. The van der Waals surface area contributed by atoms with Crippen molar-refractivity contribution in [1.82, 2.24) is 0 Å². The molecule has 0 saturated heterocycles. The van der Waals surface area contributed by atoms with E-state index in [2.05, 4.69) is 0 Å². The lowest BCUT2D eigenvalue weighted by Gasteiger charge is -2.19. The smallest absolute Gasteiger partial charge is 0.236 e. The van der Waals surface area contributed by atoms with Crippen LogP contribution < -0.4 is 0 Å². The molecule has 0 saturated carbocycles. The summed E-state index contributed by atoms with van der Waals surface area (Å²) in [5.74, 6) is 0.113. The van der Waals surface area contributed by atoms with Gasteiger partial charge in [-0.1, -0.05) is 6.07 Å². The van der Waals surface area contributed by atoms with Gasteiger partial charge in [0.1, 0.15) is 5.75 Å². The zero-order valence-electron chi connectivity index (χ0n) is 8.74. The Hall–Kier alpha value is -0.740. The minimum absolute atomic E-state index is 0.156. The van der Waals surface area contributed by atoms with Gasteiger partial charge >= 0.3 is 0 Å². The Morgan fingerprint density at radius 2 is 1.81 bits per heavy atom. The number of phenolic OH excluding ortho intramolecular Hbond substituents is 1. The van der Waals surface area contributed by atoms with Crippen LogP contribution in [0.5, 0.6) is 5.75 Å². The third kappa shape index (κ3) is 2.50. The van der Waals surface area contributed by atoms with Crippen molar-refractivity contribution in [2.45, 2.75) is 31.4 Å². The molecule has 1 N–H and O–H groups in total. The van der Waals surface area contributed by atoms with Crippen LogP contribution in [0.1, 0.15) is 29.5 Å². The van der Waals surface area contributed by atoms with Crippen LogP contribution in [0.15, 0.2) is 12.1 Å².